The number of nitrogens with zero attached hydrogens (tertiary/aromatic N) is 4. The van der Waals surface area contributed by atoms with Crippen LogP contribution in [0.5, 0.6) is 11.5 Å². The second kappa shape index (κ2) is 23.7. The van der Waals surface area contributed by atoms with Crippen molar-refractivity contribution in [2.75, 3.05) is 38.7 Å². The van der Waals surface area contributed by atoms with E-state index in [9.17, 15) is 25.6 Å². The first-order valence-electron chi connectivity index (χ1n) is 23.3. The molecule has 2 aliphatic carbocycles. The van der Waals surface area contributed by atoms with Gasteiger partial charge < -0.3 is 34.2 Å². The molecular weight excluding hydrogens is 869 g/mol. The quantitative estimate of drug-likeness (QED) is 0.0225. The number of nitriles is 1. The van der Waals surface area contributed by atoms with E-state index >= 15 is 4.79 Å². The topological polar surface area (TPSA) is 177 Å². The number of non-ortho nitro benzene ring substituents is 1. The van der Waals surface area contributed by atoms with Crippen molar-refractivity contribution >= 4 is 29.1 Å². The van der Waals surface area contributed by atoms with Crippen LogP contribution >= 0.6 is 11.8 Å². The summed E-state index contributed by atoms with van der Waals surface area (Å²) < 4.78 is 21.0. The Hall–Kier alpha value is -5.98. The Kier molecular flexibility index (Phi) is 17.3. The van der Waals surface area contributed by atoms with Crippen molar-refractivity contribution in [2.45, 2.75) is 87.5 Å². The summed E-state index contributed by atoms with van der Waals surface area (Å²) in [7, 11) is 0. The van der Waals surface area contributed by atoms with Gasteiger partial charge in [-0.3, -0.25) is 14.9 Å². The van der Waals surface area contributed by atoms with Gasteiger partial charge in [0, 0.05) is 66.0 Å². The molecule has 14 heteroatoms. The molecule has 4 aromatic rings. The standard InChI is InChI=1S/C53H60N4O9S/c1-3-26-56(52(60)39-20-16-37(35-54)17-21-39)49-34-47(55-65-36-38-18-22-41(23-19-38)57(61)62)45-32-40(12-8-10-27-58)44(15-9-11-28-59)50-46-33-42(63-30-31-67-43-13-6-5-7-14-43)24-25-48(46)66-53(49,51(45)50)64-29-4-2/h4-7,13-14,16-25,32-33,40,44,49-51,58-59H,2-3,8-12,15,26-31,34,36H2,1H3/t40-,44+,49-,50+,51+,53+/m0/s1. The lowest BCUT2D eigenvalue weighted by Gasteiger charge is -2.60. The number of aliphatic hydroxyl groups is 2. The number of nitro groups is 1. The third kappa shape index (κ3) is 11.4. The molecule has 0 radical (unpaired) electrons. The minimum atomic E-state index is -1.45. The van der Waals surface area contributed by atoms with Gasteiger partial charge in [0.1, 0.15) is 24.1 Å². The van der Waals surface area contributed by atoms with E-state index in [0.29, 0.717) is 66.3 Å². The maximum Gasteiger partial charge on any atom is 0.269 e. The maximum atomic E-state index is 15.0. The average molecular weight is 929 g/mol. The fourth-order valence-electron chi connectivity index (χ4n) is 9.97. The lowest BCUT2D eigenvalue weighted by atomic mass is 9.55. The van der Waals surface area contributed by atoms with Crippen LogP contribution in [0.1, 0.15) is 91.3 Å². The minimum absolute atomic E-state index is 0.0205. The van der Waals surface area contributed by atoms with Crippen molar-refractivity contribution in [3.8, 4) is 17.6 Å². The molecule has 0 unspecified atom stereocenters. The number of aliphatic hydroxyl groups excluding tert-OH is 2. The number of amides is 1. The van der Waals surface area contributed by atoms with Gasteiger partial charge in [-0.2, -0.15) is 5.26 Å². The number of thioether (sulfide) groups is 1. The number of rotatable bonds is 24. The van der Waals surface area contributed by atoms with Crippen LogP contribution in [0, 0.1) is 39.2 Å². The Morgan fingerprint density at radius 3 is 2.46 bits per heavy atom. The van der Waals surface area contributed by atoms with Crippen molar-refractivity contribution < 1.29 is 39.0 Å². The molecule has 1 aliphatic heterocycles. The highest BCUT2D eigenvalue weighted by atomic mass is 32.2. The minimum Gasteiger partial charge on any atom is -0.493 e. The van der Waals surface area contributed by atoms with E-state index in [0.717, 1.165) is 47.5 Å². The van der Waals surface area contributed by atoms with Gasteiger partial charge in [-0.1, -0.05) is 55.3 Å². The van der Waals surface area contributed by atoms with Gasteiger partial charge in [0.15, 0.2) is 0 Å². The number of hydrogen-bond donors (Lipinski definition) is 2. The summed E-state index contributed by atoms with van der Waals surface area (Å²) in [5.41, 5.74) is 3.99. The summed E-state index contributed by atoms with van der Waals surface area (Å²) >= 11 is 1.72. The van der Waals surface area contributed by atoms with Crippen molar-refractivity contribution in [1.29, 1.82) is 5.26 Å². The fourth-order valence-corrected chi connectivity index (χ4v) is 10.7. The van der Waals surface area contributed by atoms with Gasteiger partial charge in [0.2, 0.25) is 5.79 Å². The van der Waals surface area contributed by atoms with E-state index < -0.39 is 22.7 Å². The van der Waals surface area contributed by atoms with E-state index in [4.69, 9.17) is 24.2 Å². The molecule has 2 N–H and O–H groups in total. The van der Waals surface area contributed by atoms with Crippen LogP contribution in [-0.4, -0.2) is 82.2 Å². The lowest BCUT2D eigenvalue weighted by Crippen LogP contribution is -2.70. The fraction of sp³-hybridized carbons (Fsp3) is 0.415. The first-order chi connectivity index (χ1) is 32.7. The summed E-state index contributed by atoms with van der Waals surface area (Å²) in [4.78, 5) is 35.1. The number of fused-ring (bicyclic) bond motifs is 2. The molecule has 1 saturated carbocycles. The Balaban J connectivity index is 1.38. The Labute approximate surface area is 397 Å². The van der Waals surface area contributed by atoms with Crippen LogP contribution in [0.3, 0.4) is 0 Å². The number of oxime groups is 1. The van der Waals surface area contributed by atoms with Crippen LogP contribution in [0.4, 0.5) is 5.69 Å². The molecule has 0 spiro atoms. The number of benzene rings is 4. The highest BCUT2D eigenvalue weighted by molar-refractivity contribution is 7.99. The van der Waals surface area contributed by atoms with E-state index in [-0.39, 0.29) is 62.2 Å². The molecule has 1 amide bonds. The molecule has 352 valence electrons. The Morgan fingerprint density at radius 1 is 1.03 bits per heavy atom. The molecule has 6 atom stereocenters. The number of carbonyl (C=O) groups excluding carboxylic acids is 1. The van der Waals surface area contributed by atoms with Crippen LogP contribution in [0.2, 0.25) is 0 Å². The monoisotopic (exact) mass is 928 g/mol. The van der Waals surface area contributed by atoms with Crippen molar-refractivity contribution in [2.24, 2.45) is 22.9 Å². The van der Waals surface area contributed by atoms with Gasteiger partial charge in [-0.05, 0) is 122 Å². The predicted molar refractivity (Wildman–Crippen MR) is 258 cm³/mol. The number of nitro benzene ring substituents is 1. The van der Waals surface area contributed by atoms with Crippen molar-refractivity contribution in [1.82, 2.24) is 4.90 Å². The highest BCUT2D eigenvalue weighted by Crippen LogP contribution is 2.62. The zero-order valence-electron chi connectivity index (χ0n) is 38.0. The molecular formula is C53H60N4O9S. The number of ether oxygens (including phenoxy) is 3. The Morgan fingerprint density at radius 2 is 1.78 bits per heavy atom. The first-order valence-corrected chi connectivity index (χ1v) is 24.3. The van der Waals surface area contributed by atoms with Crippen LogP contribution in [-0.2, 0) is 16.2 Å². The Bertz CT molecular complexity index is 2410. The molecule has 1 fully saturated rings. The number of hydrogen-bond acceptors (Lipinski definition) is 12. The van der Waals surface area contributed by atoms with Gasteiger partial charge in [0.25, 0.3) is 11.6 Å². The highest BCUT2D eigenvalue weighted by Gasteiger charge is 2.65. The van der Waals surface area contributed by atoms with Crippen molar-refractivity contribution in [3.63, 3.8) is 0 Å². The molecule has 13 nitrogen and oxygen atoms in total. The van der Waals surface area contributed by atoms with E-state index in [1.807, 2.05) is 42.2 Å². The van der Waals surface area contributed by atoms with Crippen molar-refractivity contribution in [3.05, 3.63) is 154 Å². The molecule has 0 saturated heterocycles. The lowest BCUT2D eigenvalue weighted by molar-refractivity contribution is -0.384. The van der Waals surface area contributed by atoms with E-state index in [2.05, 4.69) is 36.9 Å². The third-order valence-electron chi connectivity index (χ3n) is 12.9. The molecule has 4 aromatic carbocycles. The second-order valence-electron chi connectivity index (χ2n) is 17.2. The molecule has 3 aliphatic rings. The smallest absolute Gasteiger partial charge is 0.269 e. The molecule has 7 rings (SSSR count). The third-order valence-corrected chi connectivity index (χ3v) is 13.9. The zero-order valence-corrected chi connectivity index (χ0v) is 38.9. The zero-order chi connectivity index (χ0) is 47.2. The number of unbranched alkanes of at least 4 members (excludes halogenated alkanes) is 2. The van der Waals surface area contributed by atoms with Gasteiger partial charge >= 0.3 is 0 Å². The molecule has 1 heterocycles. The summed E-state index contributed by atoms with van der Waals surface area (Å²) in [6, 6.07) is 30.4. The maximum absolute atomic E-state index is 15.0. The SMILES string of the molecule is C=CCO[C@@]12Oc3ccc(OCCSc4ccccc4)cc3[C@H]3[C@H](CCCCO)[C@@H](CCCCO)C=C(C(=NOCc4ccc([N+](=O)[O-])cc4)C[C@@H]1N(CCC)C(=O)c1ccc(C#N)cc1)[C@H]32. The molecule has 0 bridgehead atoms. The summed E-state index contributed by atoms with van der Waals surface area (Å²) in [5, 5.41) is 45.9. The number of allylic oxidation sites excluding steroid dienone is 1. The average Bonchev–Trinajstić information content (AvgIpc) is 3.35. The van der Waals surface area contributed by atoms with Gasteiger partial charge in [-0.25, -0.2) is 0 Å². The summed E-state index contributed by atoms with van der Waals surface area (Å²) in [5.74, 6) is -0.353. The van der Waals surface area contributed by atoms with Gasteiger partial charge in [-0.15, -0.1) is 18.3 Å². The largest absolute Gasteiger partial charge is 0.493 e. The molecule has 67 heavy (non-hydrogen) atoms. The second-order valence-corrected chi connectivity index (χ2v) is 18.3. The summed E-state index contributed by atoms with van der Waals surface area (Å²) in [6.07, 6.45) is 9.21. The van der Waals surface area contributed by atoms with Gasteiger partial charge in [0.05, 0.1) is 41.4 Å². The van der Waals surface area contributed by atoms with Crippen LogP contribution < -0.4 is 9.47 Å². The summed E-state index contributed by atoms with van der Waals surface area (Å²) in [6.45, 7) is 7.18. The normalized spacial score (nSPS) is 22.0. The van der Waals surface area contributed by atoms with E-state index in [1.54, 1.807) is 54.2 Å². The van der Waals surface area contributed by atoms with Crippen LogP contribution in [0.25, 0.3) is 0 Å². The number of carbonyl (C=O) groups is 1. The van der Waals surface area contributed by atoms with E-state index in [1.165, 1.54) is 12.1 Å². The molecule has 0 aromatic heterocycles. The predicted octanol–water partition coefficient (Wildman–Crippen LogP) is 10.0. The first kappa shape index (κ1) is 48.9. The van der Waals surface area contributed by atoms with Crippen LogP contribution in [0.15, 0.2) is 131 Å².